The van der Waals surface area contributed by atoms with Gasteiger partial charge in [-0.3, -0.25) is 0 Å². The van der Waals surface area contributed by atoms with Crippen LogP contribution in [0.5, 0.6) is 10.8 Å². The first kappa shape index (κ1) is 12.8. The number of methoxy groups -OCH3 is 1. The summed E-state index contributed by atoms with van der Waals surface area (Å²) in [6.07, 6.45) is 0. The minimum atomic E-state index is -1.01. The topological polar surface area (TPSA) is 65.0 Å². The zero-order valence-electron chi connectivity index (χ0n) is 9.19. The summed E-state index contributed by atoms with van der Waals surface area (Å²) in [5, 5.41) is 9.44. The van der Waals surface area contributed by atoms with E-state index in [2.05, 4.69) is 0 Å². The molecule has 1 rings (SSSR count). The summed E-state index contributed by atoms with van der Waals surface area (Å²) >= 11 is 1.04. The van der Waals surface area contributed by atoms with Crippen LogP contribution in [0.15, 0.2) is 6.07 Å². The second kappa shape index (κ2) is 6.34. The van der Waals surface area contributed by atoms with Gasteiger partial charge in [-0.1, -0.05) is 11.3 Å². The van der Waals surface area contributed by atoms with E-state index in [4.69, 9.17) is 19.3 Å². The van der Waals surface area contributed by atoms with Crippen LogP contribution in [-0.4, -0.2) is 38.0 Å². The summed E-state index contributed by atoms with van der Waals surface area (Å²) in [7, 11) is 1.49. The molecular formula is C10H14O5S. The third-order valence-corrected chi connectivity index (χ3v) is 2.83. The summed E-state index contributed by atoms with van der Waals surface area (Å²) < 4.78 is 15.4. The number of carbonyl (C=O) groups is 1. The van der Waals surface area contributed by atoms with Gasteiger partial charge in [-0.2, -0.15) is 0 Å². The molecule has 0 radical (unpaired) electrons. The van der Waals surface area contributed by atoms with Crippen molar-refractivity contribution in [1.29, 1.82) is 0 Å². The SMILES string of the molecule is CCOCCOc1cc(OC)sc1C(=O)O. The smallest absolute Gasteiger partial charge is 0.349 e. The molecule has 1 N–H and O–H groups in total. The molecule has 5 nitrogen and oxygen atoms in total. The molecule has 1 aromatic rings. The van der Waals surface area contributed by atoms with Crippen LogP contribution in [0.3, 0.4) is 0 Å². The predicted octanol–water partition coefficient (Wildman–Crippen LogP) is 1.87. The van der Waals surface area contributed by atoms with E-state index in [1.165, 1.54) is 7.11 Å². The zero-order valence-corrected chi connectivity index (χ0v) is 10.0. The highest BCUT2D eigenvalue weighted by atomic mass is 32.1. The van der Waals surface area contributed by atoms with E-state index in [0.717, 1.165) is 11.3 Å². The normalized spacial score (nSPS) is 10.1. The van der Waals surface area contributed by atoms with Gasteiger partial charge in [0.2, 0.25) is 0 Å². The van der Waals surface area contributed by atoms with E-state index in [1.54, 1.807) is 6.07 Å². The van der Waals surface area contributed by atoms with Crippen molar-refractivity contribution in [2.75, 3.05) is 26.9 Å². The van der Waals surface area contributed by atoms with E-state index in [1.807, 2.05) is 6.92 Å². The van der Waals surface area contributed by atoms with Crippen molar-refractivity contribution >= 4 is 17.3 Å². The van der Waals surface area contributed by atoms with Crippen molar-refractivity contribution in [3.63, 3.8) is 0 Å². The van der Waals surface area contributed by atoms with Crippen LogP contribution >= 0.6 is 11.3 Å². The number of hydrogen-bond donors (Lipinski definition) is 1. The highest BCUT2D eigenvalue weighted by molar-refractivity contribution is 7.16. The van der Waals surface area contributed by atoms with Crippen LogP contribution in [0.2, 0.25) is 0 Å². The summed E-state index contributed by atoms with van der Waals surface area (Å²) in [6, 6.07) is 1.57. The first-order valence-electron chi connectivity index (χ1n) is 4.80. The minimum absolute atomic E-state index is 0.147. The first-order chi connectivity index (χ1) is 7.69. The third kappa shape index (κ3) is 3.39. The Kier molecular flexibility index (Phi) is 5.07. The maximum Gasteiger partial charge on any atom is 0.349 e. The molecule has 0 saturated heterocycles. The summed E-state index contributed by atoms with van der Waals surface area (Å²) in [5.41, 5.74) is 0. The van der Waals surface area contributed by atoms with E-state index < -0.39 is 5.97 Å². The molecule has 0 amide bonds. The van der Waals surface area contributed by atoms with Crippen LogP contribution in [-0.2, 0) is 4.74 Å². The van der Waals surface area contributed by atoms with Gasteiger partial charge in [0.25, 0.3) is 0 Å². The molecule has 0 aliphatic heterocycles. The Bertz CT molecular complexity index is 347. The molecule has 0 aliphatic carbocycles. The van der Waals surface area contributed by atoms with Crippen molar-refractivity contribution in [3.8, 4) is 10.8 Å². The Morgan fingerprint density at radius 1 is 1.50 bits per heavy atom. The molecule has 6 heteroatoms. The third-order valence-electron chi connectivity index (χ3n) is 1.76. The highest BCUT2D eigenvalue weighted by Crippen LogP contribution is 2.34. The minimum Gasteiger partial charge on any atom is -0.489 e. The molecule has 0 fully saturated rings. The Morgan fingerprint density at radius 2 is 2.25 bits per heavy atom. The van der Waals surface area contributed by atoms with E-state index in [0.29, 0.717) is 30.6 Å². The van der Waals surface area contributed by atoms with Crippen molar-refractivity contribution in [1.82, 2.24) is 0 Å². The molecule has 90 valence electrons. The molecule has 0 aromatic carbocycles. The Labute approximate surface area is 97.6 Å². The fourth-order valence-electron chi connectivity index (χ4n) is 1.06. The lowest BCUT2D eigenvalue weighted by molar-refractivity contribution is 0.0693. The molecule has 0 aliphatic rings. The fourth-order valence-corrected chi connectivity index (χ4v) is 1.82. The largest absolute Gasteiger partial charge is 0.489 e. The highest BCUT2D eigenvalue weighted by Gasteiger charge is 2.17. The number of carboxylic acid groups (broad SMARTS) is 1. The lowest BCUT2D eigenvalue weighted by Gasteiger charge is -2.04. The van der Waals surface area contributed by atoms with E-state index >= 15 is 0 Å². The Balaban J connectivity index is 2.62. The quantitative estimate of drug-likeness (QED) is 0.744. The van der Waals surface area contributed by atoms with Crippen molar-refractivity contribution in [3.05, 3.63) is 10.9 Å². The maximum atomic E-state index is 10.9. The monoisotopic (exact) mass is 246 g/mol. The molecule has 0 bridgehead atoms. The second-order valence-electron chi connectivity index (χ2n) is 2.81. The number of ether oxygens (including phenoxy) is 3. The van der Waals surface area contributed by atoms with Gasteiger partial charge in [0, 0.05) is 12.7 Å². The molecule has 0 spiro atoms. The summed E-state index contributed by atoms with van der Waals surface area (Å²) in [4.78, 5) is 11.0. The van der Waals surface area contributed by atoms with Gasteiger partial charge in [-0.15, -0.1) is 0 Å². The molecule has 16 heavy (non-hydrogen) atoms. The van der Waals surface area contributed by atoms with Gasteiger partial charge in [0.15, 0.2) is 9.94 Å². The van der Waals surface area contributed by atoms with Gasteiger partial charge in [-0.05, 0) is 6.92 Å². The number of carboxylic acids is 1. The van der Waals surface area contributed by atoms with Gasteiger partial charge in [0.05, 0.1) is 13.7 Å². The fraction of sp³-hybridized carbons (Fsp3) is 0.500. The van der Waals surface area contributed by atoms with E-state index in [-0.39, 0.29) is 4.88 Å². The van der Waals surface area contributed by atoms with Crippen molar-refractivity contribution < 1.29 is 24.1 Å². The van der Waals surface area contributed by atoms with Crippen LogP contribution in [0.4, 0.5) is 0 Å². The predicted molar refractivity (Wildman–Crippen MR) is 59.8 cm³/mol. The standard InChI is InChI=1S/C10H14O5S/c1-3-14-4-5-15-7-6-8(13-2)16-9(7)10(11)12/h6H,3-5H2,1-2H3,(H,11,12). The van der Waals surface area contributed by atoms with Gasteiger partial charge in [0.1, 0.15) is 12.4 Å². The lowest BCUT2D eigenvalue weighted by atomic mass is 10.4. The van der Waals surface area contributed by atoms with Gasteiger partial charge >= 0.3 is 5.97 Å². The van der Waals surface area contributed by atoms with Gasteiger partial charge in [-0.25, -0.2) is 4.79 Å². The number of hydrogen-bond acceptors (Lipinski definition) is 5. The number of thiophene rings is 1. The first-order valence-corrected chi connectivity index (χ1v) is 5.62. The zero-order chi connectivity index (χ0) is 12.0. The van der Waals surface area contributed by atoms with Crippen LogP contribution in [0.1, 0.15) is 16.6 Å². The summed E-state index contributed by atoms with van der Waals surface area (Å²) in [6.45, 7) is 3.26. The van der Waals surface area contributed by atoms with Crippen molar-refractivity contribution in [2.45, 2.75) is 6.92 Å². The lowest BCUT2D eigenvalue weighted by Crippen LogP contribution is -2.07. The second-order valence-corrected chi connectivity index (χ2v) is 3.83. The number of aromatic carboxylic acids is 1. The maximum absolute atomic E-state index is 10.9. The van der Waals surface area contributed by atoms with Crippen LogP contribution in [0.25, 0.3) is 0 Å². The van der Waals surface area contributed by atoms with E-state index in [9.17, 15) is 4.79 Å². The van der Waals surface area contributed by atoms with Crippen LogP contribution < -0.4 is 9.47 Å². The Morgan fingerprint density at radius 3 is 2.81 bits per heavy atom. The van der Waals surface area contributed by atoms with Gasteiger partial charge < -0.3 is 19.3 Å². The molecule has 1 aromatic heterocycles. The van der Waals surface area contributed by atoms with Crippen LogP contribution in [0, 0.1) is 0 Å². The van der Waals surface area contributed by atoms with Crippen molar-refractivity contribution in [2.24, 2.45) is 0 Å². The summed E-state index contributed by atoms with van der Waals surface area (Å²) in [5.74, 6) is -0.686. The average molecular weight is 246 g/mol. The molecule has 0 unspecified atom stereocenters. The molecule has 0 atom stereocenters. The molecule has 1 heterocycles. The molecular weight excluding hydrogens is 232 g/mol. The molecule has 0 saturated carbocycles. The average Bonchev–Trinajstić information content (AvgIpc) is 2.68. The number of rotatable bonds is 7. The Hall–Kier alpha value is -1.27.